The molecule has 110 valence electrons. The number of hydrogen-bond acceptors (Lipinski definition) is 0. The van der Waals surface area contributed by atoms with E-state index in [-0.39, 0.29) is 0 Å². The summed E-state index contributed by atoms with van der Waals surface area (Å²) in [6.07, 6.45) is 16.3. The summed E-state index contributed by atoms with van der Waals surface area (Å²) in [7, 11) is 0. The van der Waals surface area contributed by atoms with Crippen molar-refractivity contribution in [2.75, 3.05) is 0 Å². The van der Waals surface area contributed by atoms with Crippen LogP contribution in [0, 0.1) is 59.2 Å². The first kappa shape index (κ1) is 11.6. The molecular formula is C20H30. The monoisotopic (exact) mass is 270 g/mol. The Morgan fingerprint density at radius 2 is 0.750 bits per heavy atom. The third kappa shape index (κ3) is 1.27. The minimum absolute atomic E-state index is 1.19. The Balaban J connectivity index is 1.31. The molecule has 0 heterocycles. The molecule has 6 fully saturated rings. The molecule has 20 heavy (non-hydrogen) atoms. The van der Waals surface area contributed by atoms with Crippen LogP contribution in [0.3, 0.4) is 0 Å². The molecule has 0 saturated heterocycles. The van der Waals surface area contributed by atoms with Gasteiger partial charge in [-0.25, -0.2) is 0 Å². The van der Waals surface area contributed by atoms with Crippen LogP contribution in [0.4, 0.5) is 0 Å². The Hall–Kier alpha value is 0. The predicted octanol–water partition coefficient (Wildman–Crippen LogP) is 5.13. The van der Waals surface area contributed by atoms with Gasteiger partial charge < -0.3 is 0 Å². The van der Waals surface area contributed by atoms with Crippen molar-refractivity contribution in [1.29, 1.82) is 0 Å². The SMILES string of the molecule is C1C[C@@H]2C[C@H]([C@H]3C[C@@H]4CC[C@@H]5CC[C@@H]3[C@H]54)[C@@H]3CC[C@@H]1[C@H]23. The molecule has 0 nitrogen and oxygen atoms in total. The van der Waals surface area contributed by atoms with Crippen LogP contribution in [0.2, 0.25) is 0 Å². The van der Waals surface area contributed by atoms with Gasteiger partial charge in [0.15, 0.2) is 0 Å². The van der Waals surface area contributed by atoms with Crippen molar-refractivity contribution in [3.63, 3.8) is 0 Å². The summed E-state index contributed by atoms with van der Waals surface area (Å²) in [5, 5.41) is 0. The van der Waals surface area contributed by atoms with Crippen molar-refractivity contribution in [3.05, 3.63) is 0 Å². The van der Waals surface area contributed by atoms with E-state index in [0.717, 1.165) is 0 Å². The highest BCUT2D eigenvalue weighted by molar-refractivity contribution is 5.09. The van der Waals surface area contributed by atoms with Crippen LogP contribution in [0.25, 0.3) is 0 Å². The van der Waals surface area contributed by atoms with Gasteiger partial charge in [-0.1, -0.05) is 0 Å². The highest BCUT2D eigenvalue weighted by Crippen LogP contribution is 2.68. The lowest BCUT2D eigenvalue weighted by Gasteiger charge is -2.30. The Labute approximate surface area is 124 Å². The van der Waals surface area contributed by atoms with Crippen LogP contribution in [0.1, 0.15) is 64.2 Å². The van der Waals surface area contributed by atoms with Crippen molar-refractivity contribution in [2.24, 2.45) is 59.2 Å². The molecule has 0 aromatic heterocycles. The molecule has 0 aromatic rings. The van der Waals surface area contributed by atoms with Crippen LogP contribution in [-0.2, 0) is 0 Å². The fraction of sp³-hybridized carbons (Fsp3) is 1.00. The Morgan fingerprint density at radius 1 is 0.350 bits per heavy atom. The van der Waals surface area contributed by atoms with E-state index in [1.165, 1.54) is 59.2 Å². The molecule has 6 aliphatic rings. The van der Waals surface area contributed by atoms with Gasteiger partial charge in [0.2, 0.25) is 0 Å². The fourth-order valence-electron chi connectivity index (χ4n) is 9.25. The highest BCUT2D eigenvalue weighted by Gasteiger charge is 2.60. The molecule has 0 amide bonds. The predicted molar refractivity (Wildman–Crippen MR) is 81.1 cm³/mol. The average Bonchev–Trinajstić information content (AvgIpc) is 3.18. The highest BCUT2D eigenvalue weighted by atomic mass is 14.7. The zero-order valence-corrected chi connectivity index (χ0v) is 12.8. The third-order valence-electron chi connectivity index (χ3n) is 9.52. The second-order valence-electron chi connectivity index (χ2n) is 9.63. The summed E-state index contributed by atoms with van der Waals surface area (Å²) in [4.78, 5) is 0. The zero-order valence-electron chi connectivity index (χ0n) is 12.8. The molecule has 6 rings (SSSR count). The first-order valence-electron chi connectivity index (χ1n) is 9.90. The van der Waals surface area contributed by atoms with E-state index in [9.17, 15) is 0 Å². The van der Waals surface area contributed by atoms with E-state index in [1.54, 1.807) is 64.2 Å². The lowest BCUT2D eigenvalue weighted by Crippen LogP contribution is -2.24. The van der Waals surface area contributed by atoms with Gasteiger partial charge in [-0.05, 0) is 123 Å². The van der Waals surface area contributed by atoms with Crippen LogP contribution >= 0.6 is 0 Å². The van der Waals surface area contributed by atoms with Crippen LogP contribution in [-0.4, -0.2) is 0 Å². The summed E-state index contributed by atoms with van der Waals surface area (Å²) in [6, 6.07) is 0. The van der Waals surface area contributed by atoms with E-state index in [4.69, 9.17) is 0 Å². The molecule has 6 saturated carbocycles. The molecular weight excluding hydrogens is 240 g/mol. The van der Waals surface area contributed by atoms with Crippen LogP contribution in [0.15, 0.2) is 0 Å². The summed E-state index contributed by atoms with van der Waals surface area (Å²) in [6.45, 7) is 0. The van der Waals surface area contributed by atoms with Gasteiger partial charge in [0.05, 0.1) is 0 Å². The van der Waals surface area contributed by atoms with E-state index < -0.39 is 0 Å². The summed E-state index contributed by atoms with van der Waals surface area (Å²) < 4.78 is 0. The molecule has 0 heteroatoms. The summed E-state index contributed by atoms with van der Waals surface area (Å²) in [5.41, 5.74) is 0. The minimum Gasteiger partial charge on any atom is -0.0499 e. The lowest BCUT2D eigenvalue weighted by molar-refractivity contribution is 0.182. The topological polar surface area (TPSA) is 0 Å². The molecule has 0 radical (unpaired) electrons. The molecule has 6 aliphatic carbocycles. The minimum atomic E-state index is 1.19. The van der Waals surface area contributed by atoms with Gasteiger partial charge in [0, 0.05) is 0 Å². The standard InChI is InChI=1S/C20H30/c1-3-13-9-17(15-7-5-11(1)19(13)15)18-10-14-4-2-12-6-8-16(18)20(12)14/h11-20H,1-10H2/t11-,12-,13-,14+,15+,16+,17+,18+,19-,20-/m1/s1. The summed E-state index contributed by atoms with van der Waals surface area (Å²) in [5.74, 6) is 12.0. The molecule has 0 aromatic carbocycles. The maximum absolute atomic E-state index is 1.68. The Kier molecular flexibility index (Phi) is 2.22. The van der Waals surface area contributed by atoms with Crippen molar-refractivity contribution in [2.45, 2.75) is 64.2 Å². The molecule has 0 aliphatic heterocycles. The molecule has 10 atom stereocenters. The van der Waals surface area contributed by atoms with Crippen LogP contribution in [0.5, 0.6) is 0 Å². The maximum atomic E-state index is 1.68. The molecule has 0 unspecified atom stereocenters. The van der Waals surface area contributed by atoms with Crippen molar-refractivity contribution < 1.29 is 0 Å². The average molecular weight is 270 g/mol. The molecule has 0 bridgehead atoms. The van der Waals surface area contributed by atoms with Gasteiger partial charge in [0.25, 0.3) is 0 Å². The molecule has 0 N–H and O–H groups in total. The van der Waals surface area contributed by atoms with Gasteiger partial charge in [-0.3, -0.25) is 0 Å². The molecule has 0 spiro atoms. The van der Waals surface area contributed by atoms with Gasteiger partial charge in [-0.15, -0.1) is 0 Å². The van der Waals surface area contributed by atoms with E-state index in [2.05, 4.69) is 0 Å². The van der Waals surface area contributed by atoms with Crippen LogP contribution < -0.4 is 0 Å². The second-order valence-corrected chi connectivity index (χ2v) is 9.63. The van der Waals surface area contributed by atoms with E-state index in [0.29, 0.717) is 0 Å². The van der Waals surface area contributed by atoms with Crippen molar-refractivity contribution in [1.82, 2.24) is 0 Å². The lowest BCUT2D eigenvalue weighted by atomic mass is 9.75. The quantitative estimate of drug-likeness (QED) is 0.619. The first-order chi connectivity index (χ1) is 9.90. The van der Waals surface area contributed by atoms with Gasteiger partial charge in [-0.2, -0.15) is 0 Å². The third-order valence-corrected chi connectivity index (χ3v) is 9.52. The largest absolute Gasteiger partial charge is 0.0499 e. The van der Waals surface area contributed by atoms with Gasteiger partial charge >= 0.3 is 0 Å². The number of rotatable bonds is 1. The summed E-state index contributed by atoms with van der Waals surface area (Å²) >= 11 is 0. The van der Waals surface area contributed by atoms with Crippen molar-refractivity contribution >= 4 is 0 Å². The number of hydrogen-bond donors (Lipinski definition) is 0. The maximum Gasteiger partial charge on any atom is -0.0326 e. The van der Waals surface area contributed by atoms with E-state index >= 15 is 0 Å². The Morgan fingerprint density at radius 3 is 1.25 bits per heavy atom. The normalized spacial score (nSPS) is 66.0. The second kappa shape index (κ2) is 3.85. The zero-order chi connectivity index (χ0) is 12.8. The smallest absolute Gasteiger partial charge is 0.0326 e. The fourth-order valence-corrected chi connectivity index (χ4v) is 9.25. The van der Waals surface area contributed by atoms with E-state index in [1.807, 2.05) is 0 Å². The Bertz CT molecular complexity index is 386. The van der Waals surface area contributed by atoms with Gasteiger partial charge in [0.1, 0.15) is 0 Å². The van der Waals surface area contributed by atoms with Crippen molar-refractivity contribution in [3.8, 4) is 0 Å². The first-order valence-corrected chi connectivity index (χ1v) is 9.90.